The van der Waals surface area contributed by atoms with Crippen molar-refractivity contribution in [2.75, 3.05) is 5.73 Å². The summed E-state index contributed by atoms with van der Waals surface area (Å²) in [6.07, 6.45) is -1.22. The van der Waals surface area contributed by atoms with Crippen LogP contribution in [0.1, 0.15) is 17.3 Å². The normalized spacial score (nSPS) is 11.7. The molecule has 0 aromatic heterocycles. The van der Waals surface area contributed by atoms with Gasteiger partial charge in [-0.1, -0.05) is 42.5 Å². The summed E-state index contributed by atoms with van der Waals surface area (Å²) >= 11 is 0. The number of hydrogen-bond acceptors (Lipinski definition) is 4. The van der Waals surface area contributed by atoms with Crippen molar-refractivity contribution in [2.24, 2.45) is 5.73 Å². The van der Waals surface area contributed by atoms with Gasteiger partial charge < -0.3 is 21.5 Å². The number of amides is 1. The summed E-state index contributed by atoms with van der Waals surface area (Å²) < 4.78 is 5.09. The standard InChI is InChI=1S/C15H17N3O2/c16-13-8-4-7-12(9-13)14(17)18-15(19)20-10-11-5-2-1-3-6-11/h1-9,14H,10,16-17H2,(H,18,19)/t14-/m0/s1. The average molecular weight is 271 g/mol. The third-order valence-electron chi connectivity index (χ3n) is 2.76. The first-order valence-electron chi connectivity index (χ1n) is 6.23. The Bertz CT molecular complexity index is 572. The SMILES string of the molecule is Nc1cccc([C@@H](N)NC(=O)OCc2ccccc2)c1. The number of anilines is 1. The van der Waals surface area contributed by atoms with Crippen molar-refractivity contribution in [3.8, 4) is 0 Å². The second-order valence-corrected chi connectivity index (χ2v) is 4.35. The van der Waals surface area contributed by atoms with Crippen LogP contribution in [0.3, 0.4) is 0 Å². The second-order valence-electron chi connectivity index (χ2n) is 4.35. The molecule has 0 aliphatic rings. The molecule has 2 aromatic rings. The number of rotatable bonds is 4. The van der Waals surface area contributed by atoms with Crippen molar-refractivity contribution < 1.29 is 9.53 Å². The Morgan fingerprint density at radius 1 is 1.15 bits per heavy atom. The lowest BCUT2D eigenvalue weighted by atomic mass is 10.1. The number of nitrogens with one attached hydrogen (secondary N) is 1. The van der Waals surface area contributed by atoms with Gasteiger partial charge in [-0.05, 0) is 23.3 Å². The molecule has 0 heterocycles. The number of nitrogen functional groups attached to an aromatic ring is 1. The third-order valence-corrected chi connectivity index (χ3v) is 2.76. The van der Waals surface area contributed by atoms with Gasteiger partial charge in [0.05, 0.1) is 0 Å². The highest BCUT2D eigenvalue weighted by molar-refractivity contribution is 5.68. The van der Waals surface area contributed by atoms with Crippen molar-refractivity contribution in [1.29, 1.82) is 0 Å². The number of alkyl carbamates (subject to hydrolysis) is 1. The van der Waals surface area contributed by atoms with Gasteiger partial charge in [0.15, 0.2) is 0 Å². The Morgan fingerprint density at radius 3 is 2.60 bits per heavy atom. The number of hydrogen-bond donors (Lipinski definition) is 3. The first-order valence-corrected chi connectivity index (χ1v) is 6.23. The maximum atomic E-state index is 11.6. The molecule has 0 fully saturated rings. The number of carbonyl (C=O) groups is 1. The lowest BCUT2D eigenvalue weighted by molar-refractivity contribution is 0.136. The molecule has 0 saturated carbocycles. The molecule has 5 N–H and O–H groups in total. The molecule has 5 nitrogen and oxygen atoms in total. The van der Waals surface area contributed by atoms with Gasteiger partial charge in [-0.3, -0.25) is 0 Å². The Hall–Kier alpha value is -2.53. The molecule has 0 saturated heterocycles. The predicted molar refractivity (Wildman–Crippen MR) is 77.5 cm³/mol. The summed E-state index contributed by atoms with van der Waals surface area (Å²) in [7, 11) is 0. The van der Waals surface area contributed by atoms with E-state index >= 15 is 0 Å². The van der Waals surface area contributed by atoms with Gasteiger partial charge in [0.1, 0.15) is 12.8 Å². The van der Waals surface area contributed by atoms with Crippen LogP contribution < -0.4 is 16.8 Å². The van der Waals surface area contributed by atoms with Gasteiger partial charge in [-0.25, -0.2) is 4.79 Å². The van der Waals surface area contributed by atoms with Gasteiger partial charge in [0.2, 0.25) is 0 Å². The molecule has 1 atom stereocenters. The van der Waals surface area contributed by atoms with Gasteiger partial charge in [-0.15, -0.1) is 0 Å². The van der Waals surface area contributed by atoms with Crippen molar-refractivity contribution in [1.82, 2.24) is 5.32 Å². The van der Waals surface area contributed by atoms with E-state index in [0.717, 1.165) is 11.1 Å². The van der Waals surface area contributed by atoms with Gasteiger partial charge >= 0.3 is 6.09 Å². The van der Waals surface area contributed by atoms with E-state index in [9.17, 15) is 4.79 Å². The molecule has 0 unspecified atom stereocenters. The van der Waals surface area contributed by atoms with E-state index in [4.69, 9.17) is 16.2 Å². The minimum absolute atomic E-state index is 0.205. The number of carbonyl (C=O) groups excluding carboxylic acids is 1. The van der Waals surface area contributed by atoms with Crippen molar-refractivity contribution in [3.63, 3.8) is 0 Å². The van der Waals surface area contributed by atoms with Crippen LogP contribution in [0.25, 0.3) is 0 Å². The molecular formula is C15H17N3O2. The lowest BCUT2D eigenvalue weighted by Crippen LogP contribution is -2.34. The summed E-state index contributed by atoms with van der Waals surface area (Å²) in [5, 5.41) is 2.55. The molecule has 0 bridgehead atoms. The van der Waals surface area contributed by atoms with Crippen LogP contribution in [-0.2, 0) is 11.3 Å². The summed E-state index contributed by atoms with van der Waals surface area (Å²) in [6, 6.07) is 16.5. The monoisotopic (exact) mass is 271 g/mol. The van der Waals surface area contributed by atoms with Crippen LogP contribution in [0, 0.1) is 0 Å². The summed E-state index contributed by atoms with van der Waals surface area (Å²) in [5.41, 5.74) is 13.8. The van der Waals surface area contributed by atoms with Crippen molar-refractivity contribution in [3.05, 3.63) is 65.7 Å². The molecule has 5 heteroatoms. The number of nitrogens with two attached hydrogens (primary N) is 2. The zero-order valence-electron chi connectivity index (χ0n) is 11.0. The molecule has 1 amide bonds. The smallest absolute Gasteiger partial charge is 0.408 e. The first kappa shape index (κ1) is 13.9. The van der Waals surface area contributed by atoms with Crippen LogP contribution in [-0.4, -0.2) is 6.09 Å². The second kappa shape index (κ2) is 6.58. The van der Waals surface area contributed by atoms with Crippen LogP contribution in [0.4, 0.5) is 10.5 Å². The Balaban J connectivity index is 1.85. The van der Waals surface area contributed by atoms with E-state index in [1.165, 1.54) is 0 Å². The lowest BCUT2D eigenvalue weighted by Gasteiger charge is -2.14. The quantitative estimate of drug-likeness (QED) is 0.587. The fourth-order valence-electron chi connectivity index (χ4n) is 1.73. The maximum absolute atomic E-state index is 11.6. The van der Waals surface area contributed by atoms with E-state index < -0.39 is 12.3 Å². The number of ether oxygens (including phenoxy) is 1. The molecule has 0 aliphatic carbocycles. The van der Waals surface area contributed by atoms with Crippen LogP contribution >= 0.6 is 0 Å². The van der Waals surface area contributed by atoms with Crippen LogP contribution in [0.5, 0.6) is 0 Å². The molecule has 2 rings (SSSR count). The minimum atomic E-state index is -0.651. The highest BCUT2D eigenvalue weighted by atomic mass is 16.5. The average Bonchev–Trinajstić information content (AvgIpc) is 2.46. The van der Waals surface area contributed by atoms with E-state index in [-0.39, 0.29) is 6.61 Å². The van der Waals surface area contributed by atoms with Crippen LogP contribution in [0.2, 0.25) is 0 Å². The molecule has 0 radical (unpaired) electrons. The van der Waals surface area contributed by atoms with E-state index in [1.54, 1.807) is 24.3 Å². The molecule has 2 aromatic carbocycles. The summed E-state index contributed by atoms with van der Waals surface area (Å²) in [6.45, 7) is 0.205. The van der Waals surface area contributed by atoms with E-state index in [0.29, 0.717) is 5.69 Å². The molecule has 0 aliphatic heterocycles. The van der Waals surface area contributed by atoms with E-state index in [1.807, 2.05) is 30.3 Å². The zero-order chi connectivity index (χ0) is 14.4. The van der Waals surface area contributed by atoms with Gasteiger partial charge in [0, 0.05) is 5.69 Å². The third kappa shape index (κ3) is 4.00. The maximum Gasteiger partial charge on any atom is 0.408 e. The largest absolute Gasteiger partial charge is 0.445 e. The fourth-order valence-corrected chi connectivity index (χ4v) is 1.73. The fraction of sp³-hybridized carbons (Fsp3) is 0.133. The molecular weight excluding hydrogens is 254 g/mol. The Labute approximate surface area is 117 Å². The zero-order valence-corrected chi connectivity index (χ0v) is 11.0. The molecule has 20 heavy (non-hydrogen) atoms. The predicted octanol–water partition coefficient (Wildman–Crippen LogP) is 2.15. The Kier molecular flexibility index (Phi) is 4.57. The summed E-state index contributed by atoms with van der Waals surface area (Å²) in [5.74, 6) is 0. The van der Waals surface area contributed by atoms with E-state index in [2.05, 4.69) is 5.32 Å². The molecule has 0 spiro atoms. The topological polar surface area (TPSA) is 90.4 Å². The highest BCUT2D eigenvalue weighted by Crippen LogP contribution is 2.12. The highest BCUT2D eigenvalue weighted by Gasteiger charge is 2.10. The van der Waals surface area contributed by atoms with Gasteiger partial charge in [-0.2, -0.15) is 0 Å². The van der Waals surface area contributed by atoms with Crippen LogP contribution in [0.15, 0.2) is 54.6 Å². The Morgan fingerprint density at radius 2 is 1.90 bits per heavy atom. The van der Waals surface area contributed by atoms with Crippen molar-refractivity contribution >= 4 is 11.8 Å². The minimum Gasteiger partial charge on any atom is -0.445 e. The first-order chi connectivity index (χ1) is 9.65. The summed E-state index contributed by atoms with van der Waals surface area (Å²) in [4.78, 5) is 11.6. The number of benzene rings is 2. The van der Waals surface area contributed by atoms with Gasteiger partial charge in [0.25, 0.3) is 0 Å². The van der Waals surface area contributed by atoms with Crippen molar-refractivity contribution in [2.45, 2.75) is 12.8 Å². The molecule has 104 valence electrons.